The molecule has 3 heteroatoms. The van der Waals surface area contributed by atoms with E-state index in [1.54, 1.807) is 0 Å². The van der Waals surface area contributed by atoms with Crippen LogP contribution in [0.25, 0.3) is 0 Å². The lowest BCUT2D eigenvalue weighted by Crippen LogP contribution is -2.39. The van der Waals surface area contributed by atoms with Gasteiger partial charge in [-0.25, -0.2) is 0 Å². The molecule has 3 nitrogen and oxygen atoms in total. The Hall–Kier alpha value is -1.51. The number of carbonyl (C=O) groups is 1. The molecule has 3 rings (SSSR count). The highest BCUT2D eigenvalue weighted by molar-refractivity contribution is 5.79. The van der Waals surface area contributed by atoms with E-state index < -0.39 is 0 Å². The van der Waals surface area contributed by atoms with E-state index in [2.05, 4.69) is 13.0 Å². The smallest absolute Gasteiger partial charge is 0.226 e. The molecule has 108 valence electrons. The molecule has 1 fully saturated rings. The Labute approximate surface area is 120 Å². The van der Waals surface area contributed by atoms with Gasteiger partial charge in [0.15, 0.2) is 0 Å². The van der Waals surface area contributed by atoms with Gasteiger partial charge in [0.25, 0.3) is 0 Å². The minimum atomic E-state index is 0.114. The zero-order valence-electron chi connectivity index (χ0n) is 12.2. The summed E-state index contributed by atoms with van der Waals surface area (Å²) in [6, 6.07) is 8.20. The molecule has 1 saturated carbocycles. The van der Waals surface area contributed by atoms with Crippen LogP contribution in [0, 0.1) is 5.92 Å². The third kappa shape index (κ3) is 2.54. The molecule has 1 aromatic carbocycles. The fraction of sp³-hybridized carbons (Fsp3) is 0.588. The van der Waals surface area contributed by atoms with Crippen molar-refractivity contribution in [2.75, 3.05) is 13.2 Å². The van der Waals surface area contributed by atoms with Crippen molar-refractivity contribution < 1.29 is 9.53 Å². The molecule has 1 aromatic rings. The van der Waals surface area contributed by atoms with Gasteiger partial charge in [-0.05, 0) is 25.8 Å². The van der Waals surface area contributed by atoms with Crippen LogP contribution in [0.1, 0.15) is 50.6 Å². The summed E-state index contributed by atoms with van der Waals surface area (Å²) < 4.78 is 5.79. The van der Waals surface area contributed by atoms with E-state index in [1.165, 1.54) is 19.3 Å². The Morgan fingerprint density at radius 1 is 1.20 bits per heavy atom. The molecule has 1 unspecified atom stereocenters. The van der Waals surface area contributed by atoms with Crippen LogP contribution in [0.15, 0.2) is 24.3 Å². The van der Waals surface area contributed by atoms with Crippen molar-refractivity contribution in [2.45, 2.75) is 45.1 Å². The topological polar surface area (TPSA) is 29.5 Å². The minimum Gasteiger partial charge on any atom is -0.491 e. The van der Waals surface area contributed by atoms with Gasteiger partial charge < -0.3 is 9.64 Å². The molecule has 0 saturated heterocycles. The molecule has 1 heterocycles. The van der Waals surface area contributed by atoms with Crippen molar-refractivity contribution in [3.8, 4) is 5.75 Å². The lowest BCUT2D eigenvalue weighted by Gasteiger charge is -2.32. The highest BCUT2D eigenvalue weighted by Crippen LogP contribution is 2.34. The molecule has 1 amide bonds. The van der Waals surface area contributed by atoms with Gasteiger partial charge in [-0.1, -0.05) is 37.5 Å². The number of rotatable bonds is 1. The molecule has 20 heavy (non-hydrogen) atoms. The molecule has 2 aliphatic rings. The summed E-state index contributed by atoms with van der Waals surface area (Å²) in [6.45, 7) is 3.42. The summed E-state index contributed by atoms with van der Waals surface area (Å²) in [6.07, 6.45) is 5.80. The zero-order valence-corrected chi connectivity index (χ0v) is 12.2. The summed E-state index contributed by atoms with van der Waals surface area (Å²) in [5.74, 6) is 1.49. The van der Waals surface area contributed by atoms with Crippen LogP contribution in [-0.4, -0.2) is 24.0 Å². The van der Waals surface area contributed by atoms with Gasteiger partial charge >= 0.3 is 0 Å². The molecule has 0 N–H and O–H groups in total. The summed E-state index contributed by atoms with van der Waals surface area (Å²) in [5, 5.41) is 0. The molecule has 0 spiro atoms. The molecule has 0 radical (unpaired) electrons. The molecule has 1 aliphatic carbocycles. The summed E-state index contributed by atoms with van der Waals surface area (Å²) in [5.41, 5.74) is 1.13. The van der Waals surface area contributed by atoms with Gasteiger partial charge in [0, 0.05) is 11.5 Å². The monoisotopic (exact) mass is 273 g/mol. The first kappa shape index (κ1) is 13.5. The number of benzene rings is 1. The Kier molecular flexibility index (Phi) is 3.95. The number of amides is 1. The third-order valence-corrected chi connectivity index (χ3v) is 4.66. The number of nitrogens with zero attached hydrogens (tertiary/aromatic N) is 1. The first-order valence-electron chi connectivity index (χ1n) is 7.79. The Morgan fingerprint density at radius 3 is 2.75 bits per heavy atom. The fourth-order valence-corrected chi connectivity index (χ4v) is 3.46. The van der Waals surface area contributed by atoms with Crippen molar-refractivity contribution >= 4 is 5.91 Å². The average Bonchev–Trinajstić information content (AvgIpc) is 2.67. The van der Waals surface area contributed by atoms with Gasteiger partial charge in [0.05, 0.1) is 12.6 Å². The number of carbonyl (C=O) groups excluding carboxylic acids is 1. The normalized spacial score (nSPS) is 23.6. The van der Waals surface area contributed by atoms with Gasteiger partial charge in [-0.2, -0.15) is 0 Å². The average molecular weight is 273 g/mol. The van der Waals surface area contributed by atoms with Crippen LogP contribution in [0.3, 0.4) is 0 Å². The molecule has 1 atom stereocenters. The third-order valence-electron chi connectivity index (χ3n) is 4.66. The maximum Gasteiger partial charge on any atom is 0.226 e. The first-order chi connectivity index (χ1) is 9.77. The van der Waals surface area contributed by atoms with E-state index >= 15 is 0 Å². The van der Waals surface area contributed by atoms with Crippen molar-refractivity contribution in [1.29, 1.82) is 0 Å². The van der Waals surface area contributed by atoms with E-state index in [4.69, 9.17) is 4.74 Å². The van der Waals surface area contributed by atoms with Crippen LogP contribution in [0.4, 0.5) is 0 Å². The SMILES string of the molecule is CC1c2ccccc2OCCN1C(=O)C1CCCCC1. The number of fused-ring (bicyclic) bond motifs is 1. The molecular weight excluding hydrogens is 250 g/mol. The van der Waals surface area contributed by atoms with Crippen molar-refractivity contribution in [1.82, 2.24) is 4.90 Å². The fourth-order valence-electron chi connectivity index (χ4n) is 3.46. The quantitative estimate of drug-likeness (QED) is 0.783. The maximum atomic E-state index is 12.8. The van der Waals surface area contributed by atoms with Gasteiger partial charge in [0.1, 0.15) is 12.4 Å². The summed E-state index contributed by atoms with van der Waals surface area (Å²) in [4.78, 5) is 14.8. The van der Waals surface area contributed by atoms with E-state index in [0.29, 0.717) is 19.1 Å². The van der Waals surface area contributed by atoms with Crippen LogP contribution in [0.5, 0.6) is 5.75 Å². The molecule has 0 aromatic heterocycles. The van der Waals surface area contributed by atoms with Crippen molar-refractivity contribution in [3.05, 3.63) is 29.8 Å². The Balaban J connectivity index is 1.81. The number of ether oxygens (including phenoxy) is 1. The van der Waals surface area contributed by atoms with Crippen molar-refractivity contribution in [3.63, 3.8) is 0 Å². The largest absolute Gasteiger partial charge is 0.491 e. The summed E-state index contributed by atoms with van der Waals surface area (Å²) in [7, 11) is 0. The highest BCUT2D eigenvalue weighted by Gasteiger charge is 2.31. The predicted octanol–water partition coefficient (Wildman–Crippen LogP) is 3.55. The van der Waals surface area contributed by atoms with Crippen LogP contribution in [-0.2, 0) is 4.79 Å². The van der Waals surface area contributed by atoms with E-state index in [9.17, 15) is 4.79 Å². The van der Waals surface area contributed by atoms with Gasteiger partial charge in [-0.15, -0.1) is 0 Å². The van der Waals surface area contributed by atoms with E-state index in [1.807, 2.05) is 23.1 Å². The summed E-state index contributed by atoms with van der Waals surface area (Å²) >= 11 is 0. The Morgan fingerprint density at radius 2 is 1.95 bits per heavy atom. The van der Waals surface area contributed by atoms with Crippen LogP contribution < -0.4 is 4.74 Å². The predicted molar refractivity (Wildman–Crippen MR) is 78.6 cm³/mol. The number of hydrogen-bond donors (Lipinski definition) is 0. The second kappa shape index (κ2) is 5.86. The zero-order chi connectivity index (χ0) is 13.9. The second-order valence-electron chi connectivity index (χ2n) is 5.93. The molecule has 0 bridgehead atoms. The minimum absolute atomic E-state index is 0.114. The highest BCUT2D eigenvalue weighted by atomic mass is 16.5. The Bertz CT molecular complexity index is 480. The van der Waals surface area contributed by atoms with Gasteiger partial charge in [-0.3, -0.25) is 4.79 Å². The van der Waals surface area contributed by atoms with Gasteiger partial charge in [0.2, 0.25) is 5.91 Å². The van der Waals surface area contributed by atoms with Crippen LogP contribution in [0.2, 0.25) is 0 Å². The van der Waals surface area contributed by atoms with Crippen molar-refractivity contribution in [2.24, 2.45) is 5.92 Å². The van der Waals surface area contributed by atoms with E-state index in [-0.39, 0.29) is 12.0 Å². The van der Waals surface area contributed by atoms with E-state index in [0.717, 1.165) is 24.2 Å². The second-order valence-corrected chi connectivity index (χ2v) is 5.93. The number of para-hydroxylation sites is 1. The lowest BCUT2D eigenvalue weighted by molar-refractivity contribution is -0.138. The van der Waals surface area contributed by atoms with Crippen LogP contribution >= 0.6 is 0 Å². The molecule has 1 aliphatic heterocycles. The molecular formula is C17H23NO2. The standard InChI is InChI=1S/C17H23NO2/c1-13-15-9-5-6-10-16(15)20-12-11-18(13)17(19)14-7-3-2-4-8-14/h5-6,9-10,13-14H,2-4,7-8,11-12H2,1H3. The number of hydrogen-bond acceptors (Lipinski definition) is 2. The lowest BCUT2D eigenvalue weighted by atomic mass is 9.87. The first-order valence-corrected chi connectivity index (χ1v) is 7.79. The maximum absolute atomic E-state index is 12.8.